The molecule has 1 fully saturated rings. The van der Waals surface area contributed by atoms with Crippen molar-refractivity contribution in [3.05, 3.63) is 75.8 Å². The van der Waals surface area contributed by atoms with Crippen LogP contribution in [-0.4, -0.2) is 38.2 Å². The molecule has 4 rings (SSSR count). The minimum atomic E-state index is -3.72. The van der Waals surface area contributed by atoms with Crippen LogP contribution in [0.4, 0.5) is 0 Å². The predicted molar refractivity (Wildman–Crippen MR) is 127 cm³/mol. The SMILES string of the molecule is O=C(COCc1cc(S(=O)(=O)N2CCCCC2)c(Cl)cc1Cl)c1ccc2ccccc2c1. The first-order chi connectivity index (χ1) is 15.4. The summed E-state index contributed by atoms with van der Waals surface area (Å²) in [7, 11) is -3.72. The summed E-state index contributed by atoms with van der Waals surface area (Å²) < 4.78 is 33.2. The normalized spacial score (nSPS) is 15.2. The number of Topliss-reactive ketones (excluding diaryl/α,β-unsaturated/α-hetero) is 1. The van der Waals surface area contributed by atoms with Gasteiger partial charge in [0.2, 0.25) is 10.0 Å². The minimum Gasteiger partial charge on any atom is -0.369 e. The first kappa shape index (κ1) is 23.2. The second kappa shape index (κ2) is 9.89. The van der Waals surface area contributed by atoms with Crippen LogP contribution in [0.3, 0.4) is 0 Å². The van der Waals surface area contributed by atoms with Crippen molar-refractivity contribution in [2.75, 3.05) is 19.7 Å². The Labute approximate surface area is 197 Å². The molecule has 0 spiro atoms. The third-order valence-corrected chi connectivity index (χ3v) is 8.31. The Hall–Kier alpha value is -1.96. The lowest BCUT2D eigenvalue weighted by Gasteiger charge is -2.26. The highest BCUT2D eigenvalue weighted by Crippen LogP contribution is 2.32. The van der Waals surface area contributed by atoms with Gasteiger partial charge in [0.25, 0.3) is 0 Å². The second-order valence-electron chi connectivity index (χ2n) is 7.82. The molecule has 5 nitrogen and oxygen atoms in total. The first-order valence-electron chi connectivity index (χ1n) is 10.4. The summed E-state index contributed by atoms with van der Waals surface area (Å²) in [6, 6.07) is 16.2. The zero-order valence-electron chi connectivity index (χ0n) is 17.4. The van der Waals surface area contributed by atoms with Crippen LogP contribution in [0.1, 0.15) is 35.2 Å². The van der Waals surface area contributed by atoms with E-state index in [1.807, 2.05) is 36.4 Å². The number of carbonyl (C=O) groups excluding carboxylic acids is 1. The average Bonchev–Trinajstić information content (AvgIpc) is 2.80. The van der Waals surface area contributed by atoms with Gasteiger partial charge in [-0.1, -0.05) is 66.0 Å². The molecule has 1 aliphatic rings. The van der Waals surface area contributed by atoms with Crippen LogP contribution in [0.5, 0.6) is 0 Å². The fourth-order valence-electron chi connectivity index (χ4n) is 3.82. The van der Waals surface area contributed by atoms with E-state index in [9.17, 15) is 13.2 Å². The summed E-state index contributed by atoms with van der Waals surface area (Å²) in [5.74, 6) is -0.165. The van der Waals surface area contributed by atoms with E-state index in [1.165, 1.54) is 16.4 Å². The number of nitrogens with zero attached hydrogens (tertiary/aromatic N) is 1. The molecule has 0 aromatic heterocycles. The summed E-state index contributed by atoms with van der Waals surface area (Å²) in [6.07, 6.45) is 2.68. The maximum atomic E-state index is 13.0. The number of halogens is 2. The van der Waals surface area contributed by atoms with E-state index < -0.39 is 10.0 Å². The number of hydrogen-bond acceptors (Lipinski definition) is 4. The highest BCUT2D eigenvalue weighted by molar-refractivity contribution is 7.89. The van der Waals surface area contributed by atoms with Crippen molar-refractivity contribution in [3.8, 4) is 0 Å². The molecule has 1 aliphatic heterocycles. The number of sulfonamides is 1. The molecular weight excluding hydrogens is 469 g/mol. The van der Waals surface area contributed by atoms with Crippen molar-refractivity contribution in [1.29, 1.82) is 0 Å². The molecular formula is C24H23Cl2NO4S. The van der Waals surface area contributed by atoms with Gasteiger partial charge >= 0.3 is 0 Å². The van der Waals surface area contributed by atoms with Gasteiger partial charge in [0.05, 0.1) is 11.6 Å². The van der Waals surface area contributed by atoms with Crippen LogP contribution >= 0.6 is 23.2 Å². The molecule has 3 aromatic carbocycles. The maximum absolute atomic E-state index is 13.0. The molecule has 0 saturated carbocycles. The number of ketones is 1. The standard InChI is InChI=1S/C24H23Cl2NO4S/c25-21-14-22(26)24(32(29,30)27-10-4-1-5-11-27)13-20(21)15-31-16-23(28)19-9-8-17-6-2-3-7-18(17)12-19/h2-3,6-9,12-14H,1,4-5,10-11,15-16H2. The summed E-state index contributed by atoms with van der Waals surface area (Å²) in [4.78, 5) is 12.6. The molecule has 0 aliphatic carbocycles. The van der Waals surface area contributed by atoms with Crippen molar-refractivity contribution in [3.63, 3.8) is 0 Å². The molecule has 0 amide bonds. The fourth-order valence-corrected chi connectivity index (χ4v) is 6.17. The largest absolute Gasteiger partial charge is 0.369 e. The molecule has 0 atom stereocenters. The average molecular weight is 492 g/mol. The van der Waals surface area contributed by atoms with Crippen molar-refractivity contribution in [2.24, 2.45) is 0 Å². The van der Waals surface area contributed by atoms with Crippen molar-refractivity contribution >= 4 is 49.8 Å². The van der Waals surface area contributed by atoms with Gasteiger partial charge in [0.1, 0.15) is 11.5 Å². The molecule has 1 saturated heterocycles. The molecule has 8 heteroatoms. The lowest BCUT2D eigenvalue weighted by Crippen LogP contribution is -2.35. The minimum absolute atomic E-state index is 0.00214. The Kier molecular flexibility index (Phi) is 7.17. The van der Waals surface area contributed by atoms with Crippen LogP contribution in [0.15, 0.2) is 59.5 Å². The molecule has 0 bridgehead atoms. The Morgan fingerprint density at radius 2 is 1.62 bits per heavy atom. The number of hydrogen-bond donors (Lipinski definition) is 0. The van der Waals surface area contributed by atoms with Gasteiger partial charge in [-0.3, -0.25) is 4.79 Å². The molecule has 3 aromatic rings. The molecule has 168 valence electrons. The van der Waals surface area contributed by atoms with E-state index in [4.69, 9.17) is 27.9 Å². The maximum Gasteiger partial charge on any atom is 0.244 e. The van der Waals surface area contributed by atoms with Gasteiger partial charge in [-0.25, -0.2) is 8.42 Å². The number of carbonyl (C=O) groups is 1. The van der Waals surface area contributed by atoms with Gasteiger partial charge < -0.3 is 4.74 Å². The fraction of sp³-hybridized carbons (Fsp3) is 0.292. The Morgan fingerprint density at radius 1 is 0.906 bits per heavy atom. The molecule has 0 radical (unpaired) electrons. The first-order valence-corrected chi connectivity index (χ1v) is 12.6. The van der Waals surface area contributed by atoms with Crippen molar-refractivity contribution in [2.45, 2.75) is 30.8 Å². The highest BCUT2D eigenvalue weighted by atomic mass is 35.5. The van der Waals surface area contributed by atoms with Crippen LogP contribution in [-0.2, 0) is 21.4 Å². The topological polar surface area (TPSA) is 63.7 Å². The van der Waals surface area contributed by atoms with Gasteiger partial charge in [-0.15, -0.1) is 0 Å². The van der Waals surface area contributed by atoms with Gasteiger partial charge in [0, 0.05) is 23.7 Å². The zero-order chi connectivity index (χ0) is 22.7. The monoisotopic (exact) mass is 491 g/mol. The van der Waals surface area contributed by atoms with Crippen molar-refractivity contribution in [1.82, 2.24) is 4.31 Å². The van der Waals surface area contributed by atoms with Crippen LogP contribution in [0, 0.1) is 0 Å². The van der Waals surface area contributed by atoms with Crippen LogP contribution in [0.2, 0.25) is 10.0 Å². The van der Waals surface area contributed by atoms with Gasteiger partial charge in [-0.2, -0.15) is 4.31 Å². The summed E-state index contributed by atoms with van der Waals surface area (Å²) in [5, 5.41) is 2.41. The smallest absolute Gasteiger partial charge is 0.244 e. The summed E-state index contributed by atoms with van der Waals surface area (Å²) in [6.45, 7) is 0.810. The summed E-state index contributed by atoms with van der Waals surface area (Å²) in [5.41, 5.74) is 1.03. The number of ether oxygens (including phenoxy) is 1. The number of benzene rings is 3. The van der Waals surface area contributed by atoms with E-state index in [0.717, 1.165) is 30.0 Å². The van der Waals surface area contributed by atoms with E-state index in [1.54, 1.807) is 6.07 Å². The molecule has 32 heavy (non-hydrogen) atoms. The highest BCUT2D eigenvalue weighted by Gasteiger charge is 2.29. The lowest BCUT2D eigenvalue weighted by molar-refractivity contribution is 0.0726. The lowest BCUT2D eigenvalue weighted by atomic mass is 10.0. The van der Waals surface area contributed by atoms with E-state index in [-0.39, 0.29) is 28.9 Å². The Balaban J connectivity index is 1.47. The van der Waals surface area contributed by atoms with Gasteiger partial charge in [-0.05, 0) is 47.4 Å². The van der Waals surface area contributed by atoms with Gasteiger partial charge in [0.15, 0.2) is 5.78 Å². The Morgan fingerprint density at radius 3 is 2.38 bits per heavy atom. The predicted octanol–water partition coefficient (Wildman–Crippen LogP) is 5.72. The van der Waals surface area contributed by atoms with E-state index in [2.05, 4.69) is 0 Å². The molecule has 1 heterocycles. The van der Waals surface area contributed by atoms with Crippen LogP contribution in [0.25, 0.3) is 10.8 Å². The second-order valence-corrected chi connectivity index (χ2v) is 10.5. The van der Waals surface area contributed by atoms with E-state index in [0.29, 0.717) is 29.2 Å². The molecule has 0 N–H and O–H groups in total. The Bertz CT molecular complexity index is 1250. The third kappa shape index (κ3) is 5.00. The number of rotatable bonds is 7. The van der Waals surface area contributed by atoms with Crippen molar-refractivity contribution < 1.29 is 17.9 Å². The number of piperidine rings is 1. The van der Waals surface area contributed by atoms with Crippen LogP contribution < -0.4 is 0 Å². The zero-order valence-corrected chi connectivity index (χ0v) is 19.7. The summed E-state index contributed by atoms with van der Waals surface area (Å²) >= 11 is 12.5. The quantitative estimate of drug-likeness (QED) is 0.396. The number of fused-ring (bicyclic) bond motifs is 1. The van der Waals surface area contributed by atoms with E-state index >= 15 is 0 Å². The molecule has 0 unspecified atom stereocenters. The third-order valence-electron chi connectivity index (χ3n) is 5.60.